The molecule has 0 bridgehead atoms. The minimum atomic E-state index is -3.61. The first-order valence-electron chi connectivity index (χ1n) is 7.62. The molecule has 7 heteroatoms. The third kappa shape index (κ3) is 5.22. The highest BCUT2D eigenvalue weighted by Crippen LogP contribution is 2.25. The van der Waals surface area contributed by atoms with Gasteiger partial charge in [0.1, 0.15) is 11.5 Å². The van der Waals surface area contributed by atoms with Crippen LogP contribution in [0.4, 0.5) is 0 Å². The van der Waals surface area contributed by atoms with Gasteiger partial charge in [-0.25, -0.2) is 13.2 Å². The molecule has 0 atom stereocenters. The standard InChI is InChI=1S/C18H20O6S/c1-13(2)24-16-10-14(18(19)22-3)9-15(11-16)23-12-25(20,21)17-7-5-4-6-8-17/h4-11,13H,12H2,1-3H3. The number of benzene rings is 2. The van der Waals surface area contributed by atoms with Crippen LogP contribution in [0.5, 0.6) is 11.5 Å². The normalized spacial score (nSPS) is 11.2. The molecular weight excluding hydrogens is 344 g/mol. The Bertz CT molecular complexity index is 828. The Labute approximate surface area is 147 Å². The number of ether oxygens (including phenoxy) is 3. The van der Waals surface area contributed by atoms with E-state index >= 15 is 0 Å². The lowest BCUT2D eigenvalue weighted by atomic mass is 10.2. The summed E-state index contributed by atoms with van der Waals surface area (Å²) in [6.45, 7) is 3.68. The average Bonchev–Trinajstić information content (AvgIpc) is 2.59. The summed E-state index contributed by atoms with van der Waals surface area (Å²) in [7, 11) is -2.35. The maximum Gasteiger partial charge on any atom is 0.338 e. The summed E-state index contributed by atoms with van der Waals surface area (Å²) in [4.78, 5) is 11.9. The predicted octanol–water partition coefficient (Wildman–Crippen LogP) is 3.07. The van der Waals surface area contributed by atoms with Crippen molar-refractivity contribution in [1.29, 1.82) is 0 Å². The Morgan fingerprint density at radius 3 is 2.28 bits per heavy atom. The lowest BCUT2D eigenvalue weighted by Crippen LogP contribution is -2.13. The molecule has 0 heterocycles. The number of methoxy groups -OCH3 is 1. The highest BCUT2D eigenvalue weighted by atomic mass is 32.2. The zero-order chi connectivity index (χ0) is 18.4. The van der Waals surface area contributed by atoms with Gasteiger partial charge in [0.25, 0.3) is 0 Å². The molecule has 0 saturated carbocycles. The molecule has 2 aromatic carbocycles. The average molecular weight is 364 g/mol. The molecule has 0 radical (unpaired) electrons. The molecule has 134 valence electrons. The summed E-state index contributed by atoms with van der Waals surface area (Å²) in [6, 6.07) is 12.5. The number of rotatable bonds is 7. The van der Waals surface area contributed by atoms with Crippen LogP contribution in [0, 0.1) is 0 Å². The van der Waals surface area contributed by atoms with Crippen LogP contribution < -0.4 is 9.47 Å². The van der Waals surface area contributed by atoms with Gasteiger partial charge in [0.15, 0.2) is 5.94 Å². The molecule has 0 spiro atoms. The second-order valence-corrected chi connectivity index (χ2v) is 7.48. The van der Waals surface area contributed by atoms with Gasteiger partial charge in [-0.2, -0.15) is 0 Å². The first-order valence-corrected chi connectivity index (χ1v) is 9.27. The van der Waals surface area contributed by atoms with E-state index < -0.39 is 21.7 Å². The molecule has 6 nitrogen and oxygen atoms in total. The van der Waals surface area contributed by atoms with E-state index in [0.717, 1.165) is 0 Å². The fraction of sp³-hybridized carbons (Fsp3) is 0.278. The molecule has 2 aromatic rings. The van der Waals surface area contributed by atoms with Gasteiger partial charge in [-0.15, -0.1) is 0 Å². The van der Waals surface area contributed by atoms with E-state index in [4.69, 9.17) is 14.2 Å². The van der Waals surface area contributed by atoms with Gasteiger partial charge in [-0.1, -0.05) is 18.2 Å². The fourth-order valence-corrected chi connectivity index (χ4v) is 3.07. The Morgan fingerprint density at radius 2 is 1.68 bits per heavy atom. The van der Waals surface area contributed by atoms with Gasteiger partial charge in [0, 0.05) is 6.07 Å². The highest BCUT2D eigenvalue weighted by Gasteiger charge is 2.17. The first-order chi connectivity index (χ1) is 11.8. The SMILES string of the molecule is COC(=O)c1cc(OCS(=O)(=O)c2ccccc2)cc(OC(C)C)c1. The summed E-state index contributed by atoms with van der Waals surface area (Å²) in [6.07, 6.45) is -0.117. The lowest BCUT2D eigenvalue weighted by molar-refractivity contribution is 0.0599. The van der Waals surface area contributed by atoms with Crippen molar-refractivity contribution in [2.24, 2.45) is 0 Å². The van der Waals surface area contributed by atoms with Gasteiger partial charge in [0.2, 0.25) is 9.84 Å². The summed E-state index contributed by atoms with van der Waals surface area (Å²) >= 11 is 0. The number of hydrogen-bond acceptors (Lipinski definition) is 6. The molecule has 0 fully saturated rings. The Kier molecular flexibility index (Phi) is 6.03. The summed E-state index contributed by atoms with van der Waals surface area (Å²) in [5.41, 5.74) is 0.216. The van der Waals surface area contributed by atoms with Crippen LogP contribution in [0.2, 0.25) is 0 Å². The monoisotopic (exact) mass is 364 g/mol. The number of carbonyl (C=O) groups excluding carboxylic acids is 1. The summed E-state index contributed by atoms with van der Waals surface area (Å²) < 4.78 is 40.3. The second kappa shape index (κ2) is 8.02. The van der Waals surface area contributed by atoms with Gasteiger partial charge in [0.05, 0.1) is 23.7 Å². The van der Waals surface area contributed by atoms with Crippen LogP contribution in [0.3, 0.4) is 0 Å². The molecule has 0 aliphatic heterocycles. The van der Waals surface area contributed by atoms with Crippen molar-refractivity contribution in [2.45, 2.75) is 24.8 Å². The van der Waals surface area contributed by atoms with Gasteiger partial charge >= 0.3 is 5.97 Å². The second-order valence-electron chi connectivity index (χ2n) is 5.54. The lowest BCUT2D eigenvalue weighted by Gasteiger charge is -2.14. The molecule has 0 unspecified atom stereocenters. The van der Waals surface area contributed by atoms with E-state index in [9.17, 15) is 13.2 Å². The molecule has 25 heavy (non-hydrogen) atoms. The smallest absolute Gasteiger partial charge is 0.338 e. The molecule has 0 aliphatic carbocycles. The van der Waals surface area contributed by atoms with Crippen LogP contribution in [-0.2, 0) is 14.6 Å². The van der Waals surface area contributed by atoms with E-state index in [1.54, 1.807) is 18.2 Å². The van der Waals surface area contributed by atoms with E-state index in [0.29, 0.717) is 5.75 Å². The largest absolute Gasteiger partial charge is 0.491 e. The Balaban J connectivity index is 2.24. The third-order valence-electron chi connectivity index (χ3n) is 3.16. The Morgan fingerprint density at radius 1 is 1.04 bits per heavy atom. The molecule has 0 N–H and O–H groups in total. The van der Waals surface area contributed by atoms with Crippen LogP contribution in [0.15, 0.2) is 53.4 Å². The molecule has 0 aliphatic rings. The highest BCUT2D eigenvalue weighted by molar-refractivity contribution is 7.91. The molecule has 2 rings (SSSR count). The maximum absolute atomic E-state index is 12.3. The maximum atomic E-state index is 12.3. The summed E-state index contributed by atoms with van der Waals surface area (Å²) in [5.74, 6) is -0.518. The van der Waals surface area contributed by atoms with Gasteiger partial charge in [-0.05, 0) is 38.1 Å². The molecule has 0 saturated heterocycles. The van der Waals surface area contributed by atoms with Crippen molar-refractivity contribution < 1.29 is 27.4 Å². The van der Waals surface area contributed by atoms with Crippen molar-refractivity contribution in [2.75, 3.05) is 13.0 Å². The zero-order valence-corrected chi connectivity index (χ0v) is 15.1. The van der Waals surface area contributed by atoms with E-state index in [2.05, 4.69) is 0 Å². The minimum absolute atomic E-state index is 0.117. The number of carbonyl (C=O) groups is 1. The Hall–Kier alpha value is -2.54. The van der Waals surface area contributed by atoms with Crippen molar-refractivity contribution in [3.8, 4) is 11.5 Å². The van der Waals surface area contributed by atoms with Gasteiger partial charge < -0.3 is 14.2 Å². The van der Waals surface area contributed by atoms with Crippen LogP contribution in [0.1, 0.15) is 24.2 Å². The minimum Gasteiger partial charge on any atom is -0.491 e. The third-order valence-corrected chi connectivity index (χ3v) is 4.57. The van der Waals surface area contributed by atoms with Crippen LogP contribution in [0.25, 0.3) is 0 Å². The predicted molar refractivity (Wildman–Crippen MR) is 92.7 cm³/mol. The summed E-state index contributed by atoms with van der Waals surface area (Å²) in [5, 5.41) is 0. The van der Waals surface area contributed by atoms with E-state index in [-0.39, 0.29) is 22.3 Å². The number of hydrogen-bond donors (Lipinski definition) is 0. The van der Waals surface area contributed by atoms with Crippen molar-refractivity contribution in [1.82, 2.24) is 0 Å². The van der Waals surface area contributed by atoms with Crippen LogP contribution >= 0.6 is 0 Å². The van der Waals surface area contributed by atoms with Crippen molar-refractivity contribution in [3.05, 3.63) is 54.1 Å². The van der Waals surface area contributed by atoms with Gasteiger partial charge in [-0.3, -0.25) is 0 Å². The quantitative estimate of drug-likeness (QED) is 0.703. The van der Waals surface area contributed by atoms with Crippen molar-refractivity contribution in [3.63, 3.8) is 0 Å². The molecule has 0 aromatic heterocycles. The number of esters is 1. The fourth-order valence-electron chi connectivity index (χ4n) is 2.07. The van der Waals surface area contributed by atoms with Crippen LogP contribution in [-0.4, -0.2) is 33.5 Å². The zero-order valence-electron chi connectivity index (χ0n) is 14.3. The topological polar surface area (TPSA) is 78.9 Å². The molecular formula is C18H20O6S. The van der Waals surface area contributed by atoms with E-state index in [1.807, 2.05) is 13.8 Å². The number of sulfone groups is 1. The van der Waals surface area contributed by atoms with Crippen molar-refractivity contribution >= 4 is 15.8 Å². The first kappa shape index (κ1) is 18.8. The molecule has 0 amide bonds. The van der Waals surface area contributed by atoms with E-state index in [1.165, 1.54) is 37.4 Å².